The molecule has 0 amide bonds. The van der Waals surface area contributed by atoms with E-state index in [4.69, 9.17) is 11.6 Å². The van der Waals surface area contributed by atoms with Gasteiger partial charge in [0.15, 0.2) is 5.15 Å². The van der Waals surface area contributed by atoms with Gasteiger partial charge in [0, 0.05) is 12.1 Å². The van der Waals surface area contributed by atoms with Crippen LogP contribution < -0.4 is 5.56 Å². The van der Waals surface area contributed by atoms with Crippen LogP contribution in [0.4, 0.5) is 5.69 Å². The highest BCUT2D eigenvalue weighted by Crippen LogP contribution is 2.08. The fraction of sp³-hybridized carbons (Fsp3) is 0.100. The van der Waals surface area contributed by atoms with Gasteiger partial charge >= 0.3 is 0 Å². The van der Waals surface area contributed by atoms with E-state index in [1.165, 1.54) is 16.8 Å². The standard InChI is InChI=1S/C10H7ClN4O3/c11-9-3-1-7(12-13-9)5-14-6-8(15(17)18)2-4-10(14)16/h1-4,6H,5H2. The van der Waals surface area contributed by atoms with Crippen molar-refractivity contribution in [1.82, 2.24) is 14.8 Å². The molecule has 0 unspecified atom stereocenters. The lowest BCUT2D eigenvalue weighted by atomic mass is 10.3. The predicted octanol–water partition coefficient (Wildman–Crippen LogP) is 1.25. The fourth-order valence-corrected chi connectivity index (χ4v) is 1.45. The summed E-state index contributed by atoms with van der Waals surface area (Å²) in [7, 11) is 0. The van der Waals surface area contributed by atoms with Crippen molar-refractivity contribution >= 4 is 17.3 Å². The first-order valence-corrected chi connectivity index (χ1v) is 5.27. The van der Waals surface area contributed by atoms with Gasteiger partial charge in [-0.15, -0.1) is 5.10 Å². The Kier molecular flexibility index (Phi) is 3.33. The second kappa shape index (κ2) is 4.92. The molecule has 2 aromatic heterocycles. The Hall–Kier alpha value is -2.28. The third-order valence-corrected chi connectivity index (χ3v) is 2.40. The second-order valence-electron chi connectivity index (χ2n) is 3.46. The van der Waals surface area contributed by atoms with Gasteiger partial charge in [0.1, 0.15) is 0 Å². The molecular weight excluding hydrogens is 260 g/mol. The van der Waals surface area contributed by atoms with Gasteiger partial charge in [-0.25, -0.2) is 0 Å². The van der Waals surface area contributed by atoms with Gasteiger partial charge in [0.25, 0.3) is 11.2 Å². The first kappa shape index (κ1) is 12.2. The number of rotatable bonds is 3. The Bertz CT molecular complexity index is 638. The lowest BCUT2D eigenvalue weighted by molar-refractivity contribution is -0.385. The minimum atomic E-state index is -0.566. The summed E-state index contributed by atoms with van der Waals surface area (Å²) < 4.78 is 1.19. The Balaban J connectivity index is 2.33. The van der Waals surface area contributed by atoms with Crippen molar-refractivity contribution in [3.05, 3.63) is 61.8 Å². The largest absolute Gasteiger partial charge is 0.303 e. The van der Waals surface area contributed by atoms with Crippen LogP contribution in [0.5, 0.6) is 0 Å². The van der Waals surface area contributed by atoms with Crippen LogP contribution in [0, 0.1) is 10.1 Å². The zero-order valence-corrected chi connectivity index (χ0v) is 9.74. The van der Waals surface area contributed by atoms with Crippen LogP contribution >= 0.6 is 11.6 Å². The van der Waals surface area contributed by atoms with Crippen LogP contribution in [-0.4, -0.2) is 19.7 Å². The van der Waals surface area contributed by atoms with Crippen LogP contribution in [-0.2, 0) is 6.54 Å². The van der Waals surface area contributed by atoms with Gasteiger partial charge in [-0.05, 0) is 12.1 Å². The van der Waals surface area contributed by atoms with Crippen LogP contribution in [0.1, 0.15) is 5.69 Å². The molecule has 0 bridgehead atoms. The molecule has 0 saturated carbocycles. The molecule has 7 nitrogen and oxygen atoms in total. The number of nitrogens with zero attached hydrogens (tertiary/aromatic N) is 4. The average molecular weight is 267 g/mol. The van der Waals surface area contributed by atoms with Crippen molar-refractivity contribution in [2.24, 2.45) is 0 Å². The molecule has 0 N–H and O–H groups in total. The van der Waals surface area contributed by atoms with Crippen molar-refractivity contribution < 1.29 is 4.92 Å². The molecule has 2 aromatic rings. The number of hydrogen-bond donors (Lipinski definition) is 0. The van der Waals surface area contributed by atoms with E-state index in [2.05, 4.69) is 10.2 Å². The molecule has 0 saturated heterocycles. The van der Waals surface area contributed by atoms with Gasteiger partial charge in [0.2, 0.25) is 0 Å². The first-order chi connectivity index (χ1) is 8.56. The van der Waals surface area contributed by atoms with Gasteiger partial charge in [-0.1, -0.05) is 11.6 Å². The summed E-state index contributed by atoms with van der Waals surface area (Å²) in [5, 5.41) is 18.3. The number of pyridine rings is 1. The fourth-order valence-electron chi connectivity index (χ4n) is 1.35. The molecule has 2 rings (SSSR count). The zero-order valence-electron chi connectivity index (χ0n) is 8.99. The second-order valence-corrected chi connectivity index (χ2v) is 3.85. The van der Waals surface area contributed by atoms with Crippen LogP contribution in [0.25, 0.3) is 0 Å². The summed E-state index contributed by atoms with van der Waals surface area (Å²) in [5.41, 5.74) is -0.0177. The van der Waals surface area contributed by atoms with E-state index in [0.29, 0.717) is 5.69 Å². The highest BCUT2D eigenvalue weighted by Gasteiger charge is 2.08. The first-order valence-electron chi connectivity index (χ1n) is 4.89. The minimum Gasteiger partial charge on any atom is -0.303 e. The summed E-state index contributed by atoms with van der Waals surface area (Å²) in [6, 6.07) is 5.43. The third kappa shape index (κ3) is 2.69. The highest BCUT2D eigenvalue weighted by atomic mass is 35.5. The molecule has 0 fully saturated rings. The van der Waals surface area contributed by atoms with Crippen LogP contribution in [0.15, 0.2) is 35.3 Å². The van der Waals surface area contributed by atoms with Gasteiger partial charge in [-0.2, -0.15) is 5.10 Å². The lowest BCUT2D eigenvalue weighted by Crippen LogP contribution is -2.20. The molecule has 0 radical (unpaired) electrons. The molecule has 0 aliphatic rings. The topological polar surface area (TPSA) is 90.9 Å². The maximum absolute atomic E-state index is 11.5. The predicted molar refractivity (Wildman–Crippen MR) is 63.5 cm³/mol. The van der Waals surface area contributed by atoms with Gasteiger partial charge < -0.3 is 4.57 Å². The highest BCUT2D eigenvalue weighted by molar-refractivity contribution is 6.29. The van der Waals surface area contributed by atoms with E-state index in [1.807, 2.05) is 0 Å². The smallest absolute Gasteiger partial charge is 0.285 e. The van der Waals surface area contributed by atoms with Crippen molar-refractivity contribution in [1.29, 1.82) is 0 Å². The van der Waals surface area contributed by atoms with E-state index < -0.39 is 4.92 Å². The molecule has 0 atom stereocenters. The van der Waals surface area contributed by atoms with E-state index in [0.717, 1.165) is 12.1 Å². The normalized spacial score (nSPS) is 10.3. The third-order valence-electron chi connectivity index (χ3n) is 2.20. The van der Waals surface area contributed by atoms with Crippen molar-refractivity contribution in [3.8, 4) is 0 Å². The summed E-state index contributed by atoms with van der Waals surface area (Å²) in [6.45, 7) is 0.102. The molecule has 0 aliphatic carbocycles. The monoisotopic (exact) mass is 266 g/mol. The van der Waals surface area contributed by atoms with E-state index in [9.17, 15) is 14.9 Å². The quantitative estimate of drug-likeness (QED) is 0.616. The zero-order chi connectivity index (χ0) is 13.1. The van der Waals surface area contributed by atoms with E-state index >= 15 is 0 Å². The number of halogens is 1. The summed E-state index contributed by atoms with van der Waals surface area (Å²) >= 11 is 5.58. The maximum Gasteiger partial charge on any atom is 0.285 e. The molecule has 18 heavy (non-hydrogen) atoms. The molecule has 2 heterocycles. The number of nitro groups is 1. The average Bonchev–Trinajstić information content (AvgIpc) is 2.34. The molecule has 92 valence electrons. The van der Waals surface area contributed by atoms with Crippen LogP contribution in [0.3, 0.4) is 0 Å². The Labute approximate surface area is 106 Å². The molecule has 0 aliphatic heterocycles. The Morgan fingerprint density at radius 1 is 1.28 bits per heavy atom. The summed E-state index contributed by atoms with van der Waals surface area (Å²) in [5.74, 6) is 0. The number of hydrogen-bond acceptors (Lipinski definition) is 5. The van der Waals surface area contributed by atoms with Crippen molar-refractivity contribution in [3.63, 3.8) is 0 Å². The maximum atomic E-state index is 11.5. The minimum absolute atomic E-state index is 0.102. The molecular formula is C10H7ClN4O3. The number of aromatic nitrogens is 3. The Morgan fingerprint density at radius 3 is 2.67 bits per heavy atom. The van der Waals surface area contributed by atoms with Crippen LogP contribution in [0.2, 0.25) is 5.15 Å². The summed E-state index contributed by atoms with van der Waals surface area (Å²) in [4.78, 5) is 21.6. The molecule has 0 spiro atoms. The van der Waals surface area contributed by atoms with E-state index in [-0.39, 0.29) is 22.9 Å². The van der Waals surface area contributed by atoms with Gasteiger partial charge in [-0.3, -0.25) is 14.9 Å². The Morgan fingerprint density at radius 2 is 2.06 bits per heavy atom. The lowest BCUT2D eigenvalue weighted by Gasteiger charge is -2.03. The van der Waals surface area contributed by atoms with Gasteiger partial charge in [0.05, 0.1) is 23.4 Å². The molecule has 0 aromatic carbocycles. The summed E-state index contributed by atoms with van der Waals surface area (Å²) in [6.07, 6.45) is 1.17. The van der Waals surface area contributed by atoms with Crippen molar-refractivity contribution in [2.45, 2.75) is 6.54 Å². The van der Waals surface area contributed by atoms with E-state index in [1.54, 1.807) is 6.07 Å². The molecule has 8 heteroatoms. The van der Waals surface area contributed by atoms with Crippen molar-refractivity contribution in [2.75, 3.05) is 0 Å². The SMILES string of the molecule is O=c1ccc([N+](=O)[O-])cn1Cc1ccc(Cl)nn1.